The molecule has 3 nitrogen and oxygen atoms in total. The van der Waals surface area contributed by atoms with Crippen LogP contribution in [-0.4, -0.2) is 18.6 Å². The Bertz CT molecular complexity index is 210. The van der Waals surface area contributed by atoms with Crippen molar-refractivity contribution in [3.63, 3.8) is 0 Å². The molecule has 2 rings (SSSR count). The van der Waals surface area contributed by atoms with Gasteiger partial charge in [0.2, 0.25) is 0 Å². The van der Waals surface area contributed by atoms with Crippen LogP contribution in [0, 0.1) is 17.8 Å². The zero-order chi connectivity index (χ0) is 8.72. The Morgan fingerprint density at radius 3 is 2.69 bits per heavy atom. The van der Waals surface area contributed by atoms with Crippen LogP contribution in [0.5, 0.6) is 0 Å². The molecule has 0 bridgehead atoms. The molecule has 0 spiro atoms. The van der Waals surface area contributed by atoms with Crippen LogP contribution in [-0.2, 0) is 9.53 Å². The molecule has 13 heavy (non-hydrogen) atoms. The zero-order valence-corrected chi connectivity index (χ0v) is 8.55. The van der Waals surface area contributed by atoms with Crippen molar-refractivity contribution in [1.29, 1.82) is 0 Å². The highest BCUT2D eigenvalue weighted by atomic mass is 35.5. The van der Waals surface area contributed by atoms with E-state index in [1.807, 2.05) is 6.92 Å². The van der Waals surface area contributed by atoms with Gasteiger partial charge in [-0.2, -0.15) is 0 Å². The SMILES string of the molecule is CCOC(=O)[C@@H]1[C@H]2CC[C@H](N)[C@H]21.Cl. The first-order valence-corrected chi connectivity index (χ1v) is 4.68. The molecule has 2 fully saturated rings. The molecule has 0 heterocycles. The Morgan fingerprint density at radius 1 is 1.54 bits per heavy atom. The van der Waals surface area contributed by atoms with Gasteiger partial charge in [-0.15, -0.1) is 12.4 Å². The maximum Gasteiger partial charge on any atom is 0.309 e. The lowest BCUT2D eigenvalue weighted by atomic mass is 10.1. The van der Waals surface area contributed by atoms with Gasteiger partial charge in [-0.3, -0.25) is 4.79 Å². The number of nitrogens with two attached hydrogens (primary N) is 1. The summed E-state index contributed by atoms with van der Waals surface area (Å²) in [6, 6.07) is 0.254. The fraction of sp³-hybridized carbons (Fsp3) is 0.889. The van der Waals surface area contributed by atoms with Crippen LogP contribution in [0.1, 0.15) is 19.8 Å². The zero-order valence-electron chi connectivity index (χ0n) is 7.73. The van der Waals surface area contributed by atoms with Gasteiger partial charge in [-0.25, -0.2) is 0 Å². The Hall–Kier alpha value is -0.280. The van der Waals surface area contributed by atoms with Crippen molar-refractivity contribution in [2.75, 3.05) is 6.61 Å². The van der Waals surface area contributed by atoms with Crippen LogP contribution in [0.3, 0.4) is 0 Å². The van der Waals surface area contributed by atoms with Crippen LogP contribution in [0.25, 0.3) is 0 Å². The number of rotatable bonds is 2. The van der Waals surface area contributed by atoms with Gasteiger partial charge in [0.15, 0.2) is 0 Å². The lowest BCUT2D eigenvalue weighted by molar-refractivity contribution is -0.145. The summed E-state index contributed by atoms with van der Waals surface area (Å²) >= 11 is 0. The molecule has 0 aromatic rings. The summed E-state index contributed by atoms with van der Waals surface area (Å²) in [4.78, 5) is 11.3. The number of halogens is 1. The average Bonchev–Trinajstić information content (AvgIpc) is 2.65. The third-order valence-corrected chi connectivity index (χ3v) is 3.12. The van der Waals surface area contributed by atoms with E-state index in [2.05, 4.69) is 0 Å². The van der Waals surface area contributed by atoms with E-state index < -0.39 is 0 Å². The van der Waals surface area contributed by atoms with Gasteiger partial charge in [0.05, 0.1) is 12.5 Å². The highest BCUT2D eigenvalue weighted by Gasteiger charge is 2.61. The average molecular weight is 206 g/mol. The quantitative estimate of drug-likeness (QED) is 0.684. The minimum absolute atomic E-state index is 0. The number of carbonyl (C=O) groups excluding carboxylic acids is 1. The summed E-state index contributed by atoms with van der Waals surface area (Å²) in [6.45, 7) is 2.33. The predicted octanol–water partition coefficient (Wildman–Crippen LogP) is 0.955. The molecule has 2 N–H and O–H groups in total. The molecule has 4 heteroatoms. The monoisotopic (exact) mass is 205 g/mol. The third-order valence-electron chi connectivity index (χ3n) is 3.12. The molecule has 2 saturated carbocycles. The minimum atomic E-state index is -0.0253. The van der Waals surface area contributed by atoms with Gasteiger partial charge in [0, 0.05) is 6.04 Å². The van der Waals surface area contributed by atoms with Crippen LogP contribution in [0.15, 0.2) is 0 Å². The molecule has 0 amide bonds. The van der Waals surface area contributed by atoms with Crippen molar-refractivity contribution >= 4 is 18.4 Å². The van der Waals surface area contributed by atoms with Crippen molar-refractivity contribution in [3.8, 4) is 0 Å². The van der Waals surface area contributed by atoms with E-state index >= 15 is 0 Å². The fourth-order valence-corrected chi connectivity index (χ4v) is 2.50. The molecule has 2 aliphatic rings. The maximum absolute atomic E-state index is 11.3. The van der Waals surface area contributed by atoms with Gasteiger partial charge in [-0.05, 0) is 31.6 Å². The summed E-state index contributed by atoms with van der Waals surface area (Å²) in [5.41, 5.74) is 5.84. The predicted molar refractivity (Wildman–Crippen MR) is 51.6 cm³/mol. The summed E-state index contributed by atoms with van der Waals surface area (Å²) in [6.07, 6.45) is 2.21. The molecule has 0 aliphatic heterocycles. The number of carbonyl (C=O) groups is 1. The standard InChI is InChI=1S/C9H15NO2.ClH/c1-2-12-9(11)8-5-3-4-6(10)7(5)8;/h5-8H,2-4,10H2,1H3;1H/t5-,6-,7-,8+;/m0./s1. The second kappa shape index (κ2) is 3.84. The molecule has 76 valence electrons. The number of ether oxygens (including phenoxy) is 1. The van der Waals surface area contributed by atoms with E-state index in [0.717, 1.165) is 12.8 Å². The second-order valence-electron chi connectivity index (χ2n) is 3.76. The number of hydrogen-bond acceptors (Lipinski definition) is 3. The first-order chi connectivity index (χ1) is 5.75. The van der Waals surface area contributed by atoms with Gasteiger partial charge >= 0.3 is 5.97 Å². The summed E-state index contributed by atoms with van der Waals surface area (Å²) in [7, 11) is 0. The van der Waals surface area contributed by atoms with E-state index in [1.165, 1.54) is 0 Å². The fourth-order valence-electron chi connectivity index (χ4n) is 2.50. The van der Waals surface area contributed by atoms with E-state index in [9.17, 15) is 4.79 Å². The Morgan fingerprint density at radius 2 is 2.23 bits per heavy atom. The van der Waals surface area contributed by atoms with Crippen LogP contribution >= 0.6 is 12.4 Å². The van der Waals surface area contributed by atoms with Crippen molar-refractivity contribution in [2.24, 2.45) is 23.5 Å². The molecule has 0 aromatic carbocycles. The van der Waals surface area contributed by atoms with Crippen molar-refractivity contribution in [3.05, 3.63) is 0 Å². The van der Waals surface area contributed by atoms with E-state index in [-0.39, 0.29) is 30.3 Å². The Kier molecular flexibility index (Phi) is 3.19. The topological polar surface area (TPSA) is 52.3 Å². The van der Waals surface area contributed by atoms with Gasteiger partial charge in [0.1, 0.15) is 0 Å². The highest BCUT2D eigenvalue weighted by Crippen LogP contribution is 2.57. The van der Waals surface area contributed by atoms with Gasteiger partial charge in [0.25, 0.3) is 0 Å². The summed E-state index contributed by atoms with van der Waals surface area (Å²) in [5, 5.41) is 0. The van der Waals surface area contributed by atoms with E-state index in [0.29, 0.717) is 18.4 Å². The molecule has 0 aromatic heterocycles. The minimum Gasteiger partial charge on any atom is -0.466 e. The largest absolute Gasteiger partial charge is 0.466 e. The summed E-state index contributed by atoms with van der Waals surface area (Å²) < 4.78 is 4.96. The van der Waals surface area contributed by atoms with Gasteiger partial charge < -0.3 is 10.5 Å². The molecular weight excluding hydrogens is 190 g/mol. The highest BCUT2D eigenvalue weighted by molar-refractivity contribution is 5.85. The Balaban J connectivity index is 0.000000845. The third kappa shape index (κ3) is 1.67. The lowest BCUT2D eigenvalue weighted by Gasteiger charge is -2.07. The van der Waals surface area contributed by atoms with Gasteiger partial charge in [-0.1, -0.05) is 0 Å². The van der Waals surface area contributed by atoms with Crippen LogP contribution in [0.2, 0.25) is 0 Å². The number of fused-ring (bicyclic) bond motifs is 1. The molecule has 2 aliphatic carbocycles. The van der Waals surface area contributed by atoms with Crippen LogP contribution in [0.4, 0.5) is 0 Å². The summed E-state index contributed by atoms with van der Waals surface area (Å²) in [5.74, 6) is 1.12. The molecular formula is C9H16ClNO2. The second-order valence-corrected chi connectivity index (χ2v) is 3.76. The van der Waals surface area contributed by atoms with Crippen molar-refractivity contribution < 1.29 is 9.53 Å². The van der Waals surface area contributed by atoms with E-state index in [4.69, 9.17) is 10.5 Å². The maximum atomic E-state index is 11.3. The smallest absolute Gasteiger partial charge is 0.309 e. The normalized spacial score (nSPS) is 40.5. The first-order valence-electron chi connectivity index (χ1n) is 4.68. The Labute approximate surface area is 84.4 Å². The molecule has 4 atom stereocenters. The van der Waals surface area contributed by atoms with E-state index in [1.54, 1.807) is 0 Å². The number of hydrogen-bond donors (Lipinski definition) is 1. The van der Waals surface area contributed by atoms with Crippen molar-refractivity contribution in [2.45, 2.75) is 25.8 Å². The first kappa shape index (κ1) is 10.8. The number of esters is 1. The van der Waals surface area contributed by atoms with Crippen LogP contribution < -0.4 is 5.73 Å². The van der Waals surface area contributed by atoms with Crippen molar-refractivity contribution in [1.82, 2.24) is 0 Å². The molecule has 0 saturated heterocycles. The molecule has 0 unspecified atom stereocenters. The lowest BCUT2D eigenvalue weighted by Crippen LogP contribution is -2.23. The molecule has 0 radical (unpaired) electrons.